The lowest BCUT2D eigenvalue weighted by Crippen LogP contribution is -2.47. The molecule has 0 bridgehead atoms. The number of anilines is 1. The monoisotopic (exact) mass is 265 g/mol. The summed E-state index contributed by atoms with van der Waals surface area (Å²) in [5, 5.41) is 11.7. The maximum absolute atomic E-state index is 12.2. The van der Waals surface area contributed by atoms with E-state index in [1.807, 2.05) is 0 Å². The van der Waals surface area contributed by atoms with Crippen molar-refractivity contribution in [3.63, 3.8) is 0 Å². The van der Waals surface area contributed by atoms with Crippen LogP contribution in [-0.2, 0) is 0 Å². The third kappa shape index (κ3) is 3.69. The average molecular weight is 265 g/mol. The van der Waals surface area contributed by atoms with Gasteiger partial charge in [0.1, 0.15) is 0 Å². The molecule has 0 unspecified atom stereocenters. The topological polar surface area (TPSA) is 95.7 Å². The van der Waals surface area contributed by atoms with Crippen molar-refractivity contribution >= 4 is 17.6 Å². The van der Waals surface area contributed by atoms with Gasteiger partial charge in [0, 0.05) is 18.3 Å². The normalized spacial score (nSPS) is 10.9. The maximum atomic E-state index is 12.2. The number of amides is 3. The van der Waals surface area contributed by atoms with E-state index in [1.54, 1.807) is 45.2 Å². The number of likely N-dealkylation sites (N-methyl/N-ethyl adjacent to an activating group) is 1. The van der Waals surface area contributed by atoms with Gasteiger partial charge in [-0.25, -0.2) is 4.79 Å². The van der Waals surface area contributed by atoms with Gasteiger partial charge >= 0.3 is 6.03 Å². The number of aliphatic hydroxyl groups is 1. The molecule has 1 rings (SSSR count). The highest BCUT2D eigenvalue weighted by Crippen LogP contribution is 2.17. The van der Waals surface area contributed by atoms with Crippen LogP contribution in [0.25, 0.3) is 0 Å². The third-order valence-corrected chi connectivity index (χ3v) is 3.00. The molecule has 104 valence electrons. The van der Waals surface area contributed by atoms with Gasteiger partial charge < -0.3 is 21.1 Å². The molecule has 1 aromatic rings. The number of hydrogen-bond acceptors (Lipinski definition) is 3. The van der Waals surface area contributed by atoms with Gasteiger partial charge in [0.05, 0.1) is 12.1 Å². The lowest BCUT2D eigenvalue weighted by molar-refractivity contribution is 0.0473. The number of rotatable bonds is 4. The van der Waals surface area contributed by atoms with E-state index in [0.29, 0.717) is 11.3 Å². The number of nitrogens with one attached hydrogen (secondary N) is 1. The second-order valence-corrected chi connectivity index (χ2v) is 4.90. The van der Waals surface area contributed by atoms with Crippen LogP contribution >= 0.6 is 0 Å². The van der Waals surface area contributed by atoms with E-state index in [4.69, 9.17) is 5.73 Å². The van der Waals surface area contributed by atoms with Crippen LogP contribution in [0, 0.1) is 0 Å². The number of carbonyl (C=O) groups is 2. The Morgan fingerprint density at radius 3 is 2.26 bits per heavy atom. The Hall–Kier alpha value is -2.08. The van der Waals surface area contributed by atoms with Crippen LogP contribution in [0.5, 0.6) is 0 Å². The zero-order valence-corrected chi connectivity index (χ0v) is 11.3. The minimum atomic E-state index is -0.655. The Bertz CT molecular complexity index is 469. The van der Waals surface area contributed by atoms with Crippen molar-refractivity contribution in [2.45, 2.75) is 19.4 Å². The van der Waals surface area contributed by atoms with Crippen LogP contribution in [0.3, 0.4) is 0 Å². The fourth-order valence-corrected chi connectivity index (χ4v) is 1.41. The molecule has 19 heavy (non-hydrogen) atoms. The predicted molar refractivity (Wildman–Crippen MR) is 72.9 cm³/mol. The summed E-state index contributed by atoms with van der Waals surface area (Å²) >= 11 is 0. The first kappa shape index (κ1) is 15.0. The van der Waals surface area contributed by atoms with Gasteiger partial charge in [0.15, 0.2) is 0 Å². The lowest BCUT2D eigenvalue weighted by atomic mass is 10.0. The van der Waals surface area contributed by atoms with Crippen molar-refractivity contribution in [3.05, 3.63) is 29.8 Å². The van der Waals surface area contributed by atoms with Crippen molar-refractivity contribution in [3.8, 4) is 0 Å². The van der Waals surface area contributed by atoms with Crippen molar-refractivity contribution in [2.24, 2.45) is 5.73 Å². The Labute approximate surface area is 112 Å². The largest absolute Gasteiger partial charge is 0.394 e. The van der Waals surface area contributed by atoms with Crippen LogP contribution in [0.1, 0.15) is 24.2 Å². The molecule has 1 aromatic carbocycles. The molecule has 0 atom stereocenters. The van der Waals surface area contributed by atoms with E-state index in [9.17, 15) is 14.7 Å². The molecule has 0 heterocycles. The summed E-state index contributed by atoms with van der Waals surface area (Å²) in [6.45, 7) is 3.42. The summed E-state index contributed by atoms with van der Waals surface area (Å²) in [5.74, 6) is -0.204. The van der Waals surface area contributed by atoms with E-state index in [0.717, 1.165) is 0 Å². The third-order valence-electron chi connectivity index (χ3n) is 3.00. The van der Waals surface area contributed by atoms with Crippen LogP contribution in [0.2, 0.25) is 0 Å². The molecule has 0 fully saturated rings. The Morgan fingerprint density at radius 1 is 1.32 bits per heavy atom. The Balaban J connectivity index is 2.86. The van der Waals surface area contributed by atoms with E-state index in [1.165, 1.54) is 4.90 Å². The molecule has 0 spiro atoms. The summed E-state index contributed by atoms with van der Waals surface area (Å²) < 4.78 is 0. The molecule has 0 radical (unpaired) electrons. The number of urea groups is 1. The zero-order chi connectivity index (χ0) is 14.6. The quantitative estimate of drug-likeness (QED) is 0.758. The van der Waals surface area contributed by atoms with Gasteiger partial charge in [-0.05, 0) is 38.1 Å². The second kappa shape index (κ2) is 5.71. The molecule has 3 amide bonds. The summed E-state index contributed by atoms with van der Waals surface area (Å²) in [6, 6.07) is 5.72. The molecule has 0 aromatic heterocycles. The minimum absolute atomic E-state index is 0.128. The number of aliphatic hydroxyl groups excluding tert-OH is 1. The predicted octanol–water partition coefficient (Wildman–Crippen LogP) is 1.02. The number of nitrogens with two attached hydrogens (primary N) is 1. The molecular weight excluding hydrogens is 246 g/mol. The zero-order valence-electron chi connectivity index (χ0n) is 11.3. The first-order valence-electron chi connectivity index (χ1n) is 5.83. The van der Waals surface area contributed by atoms with E-state index in [-0.39, 0.29) is 12.5 Å². The van der Waals surface area contributed by atoms with Gasteiger partial charge in [-0.1, -0.05) is 0 Å². The van der Waals surface area contributed by atoms with Crippen LogP contribution < -0.4 is 11.1 Å². The van der Waals surface area contributed by atoms with Gasteiger partial charge in [0.25, 0.3) is 5.91 Å². The highest BCUT2D eigenvalue weighted by molar-refractivity contribution is 5.95. The van der Waals surface area contributed by atoms with E-state index in [2.05, 4.69) is 5.32 Å². The minimum Gasteiger partial charge on any atom is -0.394 e. The van der Waals surface area contributed by atoms with Gasteiger partial charge in [-0.15, -0.1) is 0 Å². The summed E-state index contributed by atoms with van der Waals surface area (Å²) in [6.07, 6.45) is 0. The number of benzene rings is 1. The molecule has 6 nitrogen and oxygen atoms in total. The van der Waals surface area contributed by atoms with Crippen molar-refractivity contribution < 1.29 is 14.7 Å². The van der Waals surface area contributed by atoms with E-state index >= 15 is 0 Å². The van der Waals surface area contributed by atoms with Gasteiger partial charge in [-0.3, -0.25) is 4.79 Å². The van der Waals surface area contributed by atoms with Crippen LogP contribution in [0.4, 0.5) is 10.5 Å². The molecule has 6 heteroatoms. The molecule has 0 saturated carbocycles. The fourth-order valence-electron chi connectivity index (χ4n) is 1.41. The lowest BCUT2D eigenvalue weighted by Gasteiger charge is -2.34. The molecule has 4 N–H and O–H groups in total. The standard InChI is InChI=1S/C13H19N3O3/c1-13(2,8-17)16(3)11(18)9-4-6-10(7-5-9)15-12(14)19/h4-7,17H,8H2,1-3H3,(H3,14,15,19). The highest BCUT2D eigenvalue weighted by atomic mass is 16.3. The molecule has 0 aliphatic heterocycles. The smallest absolute Gasteiger partial charge is 0.316 e. The SMILES string of the molecule is CN(C(=O)c1ccc(NC(N)=O)cc1)C(C)(C)CO. The summed E-state index contributed by atoms with van der Waals surface area (Å²) in [5.41, 5.74) is 5.35. The molecule has 0 aliphatic carbocycles. The molecule has 0 saturated heterocycles. The van der Waals surface area contributed by atoms with Crippen LogP contribution in [-0.4, -0.2) is 41.1 Å². The fraction of sp³-hybridized carbons (Fsp3) is 0.385. The van der Waals surface area contributed by atoms with Crippen LogP contribution in [0.15, 0.2) is 24.3 Å². The van der Waals surface area contributed by atoms with Crippen molar-refractivity contribution in [2.75, 3.05) is 19.0 Å². The number of primary amides is 1. The van der Waals surface area contributed by atoms with Gasteiger partial charge in [0.2, 0.25) is 0 Å². The number of hydrogen-bond donors (Lipinski definition) is 3. The first-order chi connectivity index (χ1) is 8.77. The van der Waals surface area contributed by atoms with Crippen molar-refractivity contribution in [1.82, 2.24) is 4.90 Å². The molecule has 0 aliphatic rings. The Morgan fingerprint density at radius 2 is 1.84 bits per heavy atom. The Kier molecular flexibility index (Phi) is 4.50. The first-order valence-corrected chi connectivity index (χ1v) is 5.83. The highest BCUT2D eigenvalue weighted by Gasteiger charge is 2.27. The number of carbonyl (C=O) groups excluding carboxylic acids is 2. The van der Waals surface area contributed by atoms with Crippen molar-refractivity contribution in [1.29, 1.82) is 0 Å². The summed E-state index contributed by atoms with van der Waals surface area (Å²) in [7, 11) is 1.63. The summed E-state index contributed by atoms with van der Waals surface area (Å²) in [4.78, 5) is 24.3. The maximum Gasteiger partial charge on any atom is 0.316 e. The van der Waals surface area contributed by atoms with Gasteiger partial charge in [-0.2, -0.15) is 0 Å². The second-order valence-electron chi connectivity index (χ2n) is 4.90. The average Bonchev–Trinajstić information content (AvgIpc) is 2.37. The van der Waals surface area contributed by atoms with E-state index < -0.39 is 11.6 Å². The molecular formula is C13H19N3O3. The number of nitrogens with zero attached hydrogens (tertiary/aromatic N) is 1.